The highest BCUT2D eigenvalue weighted by Gasteiger charge is 2.25. The Morgan fingerprint density at radius 3 is 2.56 bits per heavy atom. The van der Waals surface area contributed by atoms with Crippen molar-refractivity contribution >= 4 is 29.1 Å². The van der Waals surface area contributed by atoms with Crippen molar-refractivity contribution in [3.05, 3.63) is 88.6 Å². The second kappa shape index (κ2) is 10.3. The van der Waals surface area contributed by atoms with E-state index in [9.17, 15) is 9.59 Å². The van der Waals surface area contributed by atoms with Crippen LogP contribution in [0.4, 0.5) is 11.6 Å². The van der Waals surface area contributed by atoms with E-state index in [1.807, 2.05) is 30.3 Å². The Balaban J connectivity index is 1.66. The van der Waals surface area contributed by atoms with Crippen molar-refractivity contribution in [2.75, 3.05) is 12.4 Å². The highest BCUT2D eigenvalue weighted by Crippen LogP contribution is 2.37. The number of rotatable bonds is 7. The van der Waals surface area contributed by atoms with E-state index >= 15 is 0 Å². The maximum absolute atomic E-state index is 14.2. The zero-order valence-corrected chi connectivity index (χ0v) is 21.2. The van der Waals surface area contributed by atoms with Gasteiger partial charge in [0.1, 0.15) is 34.9 Å². The largest absolute Gasteiger partial charge is 0.497 e. The van der Waals surface area contributed by atoms with Crippen LogP contribution in [0, 0.1) is 0 Å². The minimum atomic E-state index is -0.333. The van der Waals surface area contributed by atoms with E-state index in [1.54, 1.807) is 31.4 Å². The molecule has 194 valence electrons. The fourth-order valence-electron chi connectivity index (χ4n) is 4.94. The molecule has 0 saturated heterocycles. The third kappa shape index (κ3) is 4.46. The molecule has 1 aliphatic rings. The van der Waals surface area contributed by atoms with Gasteiger partial charge in [-0.25, -0.2) is 4.98 Å². The average Bonchev–Trinajstić information content (AvgIpc) is 3.38. The summed E-state index contributed by atoms with van der Waals surface area (Å²) in [7, 11) is 1.58. The summed E-state index contributed by atoms with van der Waals surface area (Å²) in [6.07, 6.45) is 8.05. The first kappa shape index (κ1) is 24.2. The molecule has 39 heavy (non-hydrogen) atoms. The Bertz CT molecular complexity index is 1760. The molecule has 0 bridgehead atoms. The number of allylic oxidation sites excluding steroid dienone is 2. The molecular weight excluding hydrogens is 494 g/mol. The van der Waals surface area contributed by atoms with Gasteiger partial charge in [-0.1, -0.05) is 48.5 Å². The number of hydrogen-bond donors (Lipinski definition) is 2. The molecule has 2 N–H and O–H groups in total. The van der Waals surface area contributed by atoms with Gasteiger partial charge in [0.05, 0.1) is 12.7 Å². The summed E-state index contributed by atoms with van der Waals surface area (Å²) in [5.41, 5.74) is 4.90. The summed E-state index contributed by atoms with van der Waals surface area (Å²) in [4.78, 5) is 33.3. The molecular formula is C29H25N7O3. The Labute approximate surface area is 223 Å². The average molecular weight is 520 g/mol. The van der Waals surface area contributed by atoms with Crippen LogP contribution in [-0.2, 0) is 0 Å². The van der Waals surface area contributed by atoms with Gasteiger partial charge in [-0.15, -0.1) is 10.2 Å². The SMILES string of the molecule is COc1ccc(-c2c(Nc3nncnc3C=O)[nH]c3c(C4=CCCCC4)c(-c4ccccc4)nn3c2=O)cc1. The van der Waals surface area contributed by atoms with Crippen molar-refractivity contribution < 1.29 is 9.53 Å². The predicted octanol–water partition coefficient (Wildman–Crippen LogP) is 5.06. The van der Waals surface area contributed by atoms with E-state index in [1.165, 1.54) is 10.8 Å². The molecule has 3 heterocycles. The maximum Gasteiger partial charge on any atom is 0.284 e. The van der Waals surface area contributed by atoms with Gasteiger partial charge in [0.2, 0.25) is 0 Å². The van der Waals surface area contributed by atoms with Gasteiger partial charge in [-0.05, 0) is 49.0 Å². The summed E-state index contributed by atoms with van der Waals surface area (Å²) in [6, 6.07) is 17.0. The van der Waals surface area contributed by atoms with Crippen molar-refractivity contribution in [2.24, 2.45) is 0 Å². The first-order chi connectivity index (χ1) is 19.2. The molecule has 0 radical (unpaired) electrons. The number of fused-ring (bicyclic) bond motifs is 1. The zero-order chi connectivity index (χ0) is 26.8. The number of carbonyl (C=O) groups is 1. The summed E-state index contributed by atoms with van der Waals surface area (Å²) in [5, 5.41) is 15.8. The molecule has 1 aliphatic carbocycles. The van der Waals surface area contributed by atoms with Crippen molar-refractivity contribution in [2.45, 2.75) is 25.7 Å². The quantitative estimate of drug-likeness (QED) is 0.286. The molecule has 0 atom stereocenters. The summed E-state index contributed by atoms with van der Waals surface area (Å²) in [5.74, 6) is 1.13. The van der Waals surface area contributed by atoms with Crippen LogP contribution in [0.5, 0.6) is 5.75 Å². The van der Waals surface area contributed by atoms with Crippen molar-refractivity contribution in [1.82, 2.24) is 29.8 Å². The fraction of sp³-hybridized carbons (Fsp3) is 0.172. The number of nitrogens with one attached hydrogen (secondary N) is 2. The number of aromatic amines is 1. The highest BCUT2D eigenvalue weighted by molar-refractivity contribution is 5.90. The number of aldehydes is 1. The summed E-state index contributed by atoms with van der Waals surface area (Å²) < 4.78 is 6.73. The normalized spacial score (nSPS) is 13.2. The van der Waals surface area contributed by atoms with Crippen LogP contribution in [0.1, 0.15) is 41.7 Å². The summed E-state index contributed by atoms with van der Waals surface area (Å²) in [6.45, 7) is 0. The van der Waals surface area contributed by atoms with E-state index in [4.69, 9.17) is 9.84 Å². The number of aromatic nitrogens is 6. The van der Waals surface area contributed by atoms with Crippen LogP contribution in [0.3, 0.4) is 0 Å². The molecule has 10 heteroatoms. The lowest BCUT2D eigenvalue weighted by Crippen LogP contribution is -2.20. The molecule has 3 aromatic heterocycles. The lowest BCUT2D eigenvalue weighted by atomic mass is 9.92. The van der Waals surface area contributed by atoms with Gasteiger partial charge >= 0.3 is 0 Å². The number of nitrogens with zero attached hydrogens (tertiary/aromatic N) is 5. The van der Waals surface area contributed by atoms with E-state index in [-0.39, 0.29) is 17.1 Å². The Hall–Kier alpha value is -5.12. The lowest BCUT2D eigenvalue weighted by Gasteiger charge is -2.15. The number of ether oxygens (including phenoxy) is 1. The standard InChI is InChI=1S/C29H25N7O3/c1-39-21-14-12-19(13-15-21)24-27(32-26-22(16-37)30-17-31-34-26)33-28-23(18-8-4-2-5-9-18)25(35-36(28)29(24)38)20-10-6-3-7-11-20/h3,6-8,10-17,33H,2,4-5,9H2,1H3,(H,32,34). The molecule has 0 saturated carbocycles. The van der Waals surface area contributed by atoms with E-state index in [2.05, 4.69) is 31.6 Å². The molecule has 0 aliphatic heterocycles. The number of anilines is 2. The van der Waals surface area contributed by atoms with E-state index in [0.717, 1.165) is 48.1 Å². The van der Waals surface area contributed by atoms with Gasteiger partial charge < -0.3 is 15.0 Å². The molecule has 6 rings (SSSR count). The zero-order valence-electron chi connectivity index (χ0n) is 21.2. The van der Waals surface area contributed by atoms with Crippen molar-refractivity contribution in [1.29, 1.82) is 0 Å². The first-order valence-electron chi connectivity index (χ1n) is 12.7. The van der Waals surface area contributed by atoms with Crippen LogP contribution in [-0.4, -0.2) is 43.2 Å². The number of hydrogen-bond acceptors (Lipinski definition) is 8. The monoisotopic (exact) mass is 519 g/mol. The van der Waals surface area contributed by atoms with Crippen molar-refractivity contribution in [3.8, 4) is 28.1 Å². The minimum absolute atomic E-state index is 0.0695. The number of methoxy groups -OCH3 is 1. The molecule has 2 aromatic carbocycles. The molecule has 5 aromatic rings. The highest BCUT2D eigenvalue weighted by atomic mass is 16.5. The predicted molar refractivity (Wildman–Crippen MR) is 148 cm³/mol. The topological polar surface area (TPSA) is 127 Å². The third-order valence-electron chi connectivity index (χ3n) is 6.83. The van der Waals surface area contributed by atoms with Gasteiger partial charge in [-0.3, -0.25) is 9.59 Å². The van der Waals surface area contributed by atoms with E-state index < -0.39 is 0 Å². The molecule has 10 nitrogen and oxygen atoms in total. The molecule has 0 amide bonds. The van der Waals surface area contributed by atoms with Gasteiger partial charge in [0, 0.05) is 11.1 Å². The van der Waals surface area contributed by atoms with E-state index in [0.29, 0.717) is 34.6 Å². The molecule has 0 unspecified atom stereocenters. The first-order valence-corrected chi connectivity index (χ1v) is 12.7. The Kier molecular flexibility index (Phi) is 6.42. The van der Waals surface area contributed by atoms with Crippen LogP contribution in [0.2, 0.25) is 0 Å². The fourth-order valence-corrected chi connectivity index (χ4v) is 4.94. The van der Waals surface area contributed by atoms with Crippen LogP contribution < -0.4 is 15.6 Å². The van der Waals surface area contributed by atoms with Crippen molar-refractivity contribution in [3.63, 3.8) is 0 Å². The van der Waals surface area contributed by atoms with Gasteiger partial charge in [0.25, 0.3) is 5.56 Å². The lowest BCUT2D eigenvalue weighted by molar-refractivity contribution is 0.111. The minimum Gasteiger partial charge on any atom is -0.497 e. The van der Waals surface area contributed by atoms with Crippen LogP contribution >= 0.6 is 0 Å². The van der Waals surface area contributed by atoms with Gasteiger partial charge in [0.15, 0.2) is 12.1 Å². The number of carbonyl (C=O) groups excluding carboxylic acids is 1. The second-order valence-corrected chi connectivity index (χ2v) is 9.17. The number of benzene rings is 2. The molecule has 0 fully saturated rings. The smallest absolute Gasteiger partial charge is 0.284 e. The number of H-pyrrole nitrogens is 1. The second-order valence-electron chi connectivity index (χ2n) is 9.17. The summed E-state index contributed by atoms with van der Waals surface area (Å²) >= 11 is 0. The maximum atomic E-state index is 14.2. The third-order valence-corrected chi connectivity index (χ3v) is 6.83. The van der Waals surface area contributed by atoms with Crippen LogP contribution in [0.15, 0.2) is 71.8 Å². The Morgan fingerprint density at radius 1 is 1.03 bits per heavy atom. The molecule has 0 spiro atoms. The Morgan fingerprint density at radius 2 is 1.85 bits per heavy atom. The van der Waals surface area contributed by atoms with Gasteiger partial charge in [-0.2, -0.15) is 9.61 Å². The van der Waals surface area contributed by atoms with Crippen LogP contribution in [0.25, 0.3) is 33.6 Å².